The smallest absolute Gasteiger partial charge is 0.234 e. The van der Waals surface area contributed by atoms with Gasteiger partial charge in [-0.2, -0.15) is 0 Å². The van der Waals surface area contributed by atoms with Crippen molar-refractivity contribution >= 4 is 27.5 Å². The predicted octanol–water partition coefficient (Wildman–Crippen LogP) is 3.87. The highest BCUT2D eigenvalue weighted by Crippen LogP contribution is 2.19. The van der Waals surface area contributed by atoms with E-state index in [0.29, 0.717) is 13.1 Å². The van der Waals surface area contributed by atoms with Crippen molar-refractivity contribution in [2.45, 2.75) is 25.9 Å². The molecule has 0 spiro atoms. The van der Waals surface area contributed by atoms with Crippen molar-refractivity contribution in [3.05, 3.63) is 64.1 Å². The van der Waals surface area contributed by atoms with Gasteiger partial charge in [0.05, 0.1) is 6.54 Å². The van der Waals surface area contributed by atoms with Gasteiger partial charge in [-0.05, 0) is 41.8 Å². The molecule has 2 aromatic rings. The fourth-order valence-electron chi connectivity index (χ4n) is 2.58. The summed E-state index contributed by atoms with van der Waals surface area (Å²) >= 11 is 3.45. The van der Waals surface area contributed by atoms with E-state index in [4.69, 9.17) is 0 Å². The number of amides is 1. The van der Waals surface area contributed by atoms with Crippen LogP contribution in [0.2, 0.25) is 0 Å². The molecule has 0 saturated carbocycles. The first-order valence-corrected chi connectivity index (χ1v) is 9.30. The molecule has 0 saturated heterocycles. The Kier molecular flexibility index (Phi) is 7.47. The molecular weight excluding hydrogens is 378 g/mol. The summed E-state index contributed by atoms with van der Waals surface area (Å²) in [5.74, 6) is 0.00671. The summed E-state index contributed by atoms with van der Waals surface area (Å²) in [4.78, 5) is 14.2. The van der Waals surface area contributed by atoms with Gasteiger partial charge in [0.2, 0.25) is 5.91 Å². The Labute approximate surface area is 158 Å². The molecule has 0 fully saturated rings. The van der Waals surface area contributed by atoms with E-state index in [1.54, 1.807) is 0 Å². The lowest BCUT2D eigenvalue weighted by molar-refractivity contribution is -0.120. The maximum Gasteiger partial charge on any atom is 0.234 e. The van der Waals surface area contributed by atoms with Crippen LogP contribution in [-0.4, -0.2) is 26.5 Å². The number of carbonyl (C=O) groups excluding carboxylic acids is 1. The van der Waals surface area contributed by atoms with Crippen LogP contribution in [0.3, 0.4) is 0 Å². The molecule has 0 radical (unpaired) electrons. The zero-order valence-electron chi connectivity index (χ0n) is 15.1. The van der Waals surface area contributed by atoms with Gasteiger partial charge < -0.3 is 15.5 Å². The maximum atomic E-state index is 12.1. The molecule has 2 aromatic carbocycles. The van der Waals surface area contributed by atoms with Crippen molar-refractivity contribution in [2.75, 3.05) is 25.5 Å². The molecule has 4 nitrogen and oxygen atoms in total. The van der Waals surface area contributed by atoms with Crippen LogP contribution in [0.25, 0.3) is 0 Å². The molecule has 5 heteroatoms. The third-order valence-corrected chi connectivity index (χ3v) is 4.66. The highest BCUT2D eigenvalue weighted by molar-refractivity contribution is 9.10. The average molecular weight is 404 g/mol. The molecule has 0 heterocycles. The third kappa shape index (κ3) is 6.18. The Balaban J connectivity index is 1.80. The molecule has 25 heavy (non-hydrogen) atoms. The molecule has 1 atom stereocenters. The normalized spacial score (nSPS) is 11.8. The van der Waals surface area contributed by atoms with Gasteiger partial charge in [-0.15, -0.1) is 0 Å². The van der Waals surface area contributed by atoms with Gasteiger partial charge in [0.25, 0.3) is 0 Å². The van der Waals surface area contributed by atoms with E-state index in [-0.39, 0.29) is 11.9 Å². The molecule has 2 rings (SSSR count). The fraction of sp³-hybridized carbons (Fsp3) is 0.350. The minimum absolute atomic E-state index is 0.00671. The van der Waals surface area contributed by atoms with Crippen molar-refractivity contribution in [1.29, 1.82) is 0 Å². The monoisotopic (exact) mass is 403 g/mol. The second kappa shape index (κ2) is 9.59. The number of rotatable bonds is 8. The van der Waals surface area contributed by atoms with E-state index in [0.717, 1.165) is 22.1 Å². The molecule has 1 amide bonds. The summed E-state index contributed by atoms with van der Waals surface area (Å²) in [7, 11) is 4.02. The molecule has 2 N–H and O–H groups in total. The van der Waals surface area contributed by atoms with E-state index in [1.807, 2.05) is 38.4 Å². The summed E-state index contributed by atoms with van der Waals surface area (Å²) in [6.45, 7) is 2.97. The standard InChI is InChI=1S/C20H26BrN3O/c1-4-19(16-7-9-17(21)10-8-16)22-14-20(25)23-13-15-5-11-18(12-6-15)24(2)3/h5-12,19,22H,4,13-14H2,1-3H3,(H,23,25)/t19-/m1/s1. The van der Waals surface area contributed by atoms with Gasteiger partial charge in [-0.3, -0.25) is 4.79 Å². The van der Waals surface area contributed by atoms with Crippen LogP contribution in [0.15, 0.2) is 53.0 Å². The topological polar surface area (TPSA) is 44.4 Å². The van der Waals surface area contributed by atoms with Crippen molar-refractivity contribution in [1.82, 2.24) is 10.6 Å². The van der Waals surface area contributed by atoms with Gasteiger partial charge in [0, 0.05) is 36.8 Å². The average Bonchev–Trinajstić information content (AvgIpc) is 2.62. The lowest BCUT2D eigenvalue weighted by Crippen LogP contribution is -2.35. The molecular formula is C20H26BrN3O. The first-order chi connectivity index (χ1) is 12.0. The number of anilines is 1. The summed E-state index contributed by atoms with van der Waals surface area (Å²) in [5.41, 5.74) is 3.44. The van der Waals surface area contributed by atoms with Crippen molar-refractivity contribution in [2.24, 2.45) is 0 Å². The number of hydrogen-bond donors (Lipinski definition) is 2. The molecule has 0 aliphatic rings. The van der Waals surface area contributed by atoms with E-state index in [2.05, 4.69) is 62.7 Å². The number of hydrogen-bond acceptors (Lipinski definition) is 3. The Morgan fingerprint density at radius 3 is 2.28 bits per heavy atom. The second-order valence-corrected chi connectivity index (χ2v) is 7.15. The highest BCUT2D eigenvalue weighted by Gasteiger charge is 2.10. The second-order valence-electron chi connectivity index (χ2n) is 6.23. The number of nitrogens with zero attached hydrogens (tertiary/aromatic N) is 1. The van der Waals surface area contributed by atoms with Gasteiger partial charge in [-0.25, -0.2) is 0 Å². The summed E-state index contributed by atoms with van der Waals surface area (Å²) in [6, 6.07) is 16.6. The molecule has 0 aliphatic carbocycles. The van der Waals surface area contributed by atoms with Crippen LogP contribution < -0.4 is 15.5 Å². The Morgan fingerprint density at radius 1 is 1.08 bits per heavy atom. The minimum Gasteiger partial charge on any atom is -0.378 e. The van der Waals surface area contributed by atoms with E-state index in [9.17, 15) is 4.79 Å². The number of nitrogens with one attached hydrogen (secondary N) is 2. The molecule has 0 bridgehead atoms. The van der Waals surface area contributed by atoms with Crippen molar-refractivity contribution < 1.29 is 4.79 Å². The van der Waals surface area contributed by atoms with Crippen LogP contribution in [-0.2, 0) is 11.3 Å². The van der Waals surface area contributed by atoms with Crippen molar-refractivity contribution in [3.8, 4) is 0 Å². The van der Waals surface area contributed by atoms with Crippen LogP contribution in [0.1, 0.15) is 30.5 Å². The maximum absolute atomic E-state index is 12.1. The van der Waals surface area contributed by atoms with Crippen molar-refractivity contribution in [3.63, 3.8) is 0 Å². The largest absolute Gasteiger partial charge is 0.378 e. The summed E-state index contributed by atoms with van der Waals surface area (Å²) in [5, 5.41) is 6.30. The van der Waals surface area contributed by atoms with Crippen LogP contribution in [0.4, 0.5) is 5.69 Å². The Bertz CT molecular complexity index is 668. The van der Waals surface area contributed by atoms with Gasteiger partial charge in [-0.1, -0.05) is 47.1 Å². The van der Waals surface area contributed by atoms with E-state index in [1.165, 1.54) is 5.56 Å². The van der Waals surface area contributed by atoms with Gasteiger partial charge in [0.15, 0.2) is 0 Å². The Hall–Kier alpha value is -1.85. The first-order valence-electron chi connectivity index (χ1n) is 8.51. The number of benzene rings is 2. The summed E-state index contributed by atoms with van der Waals surface area (Å²) in [6.07, 6.45) is 0.931. The summed E-state index contributed by atoms with van der Waals surface area (Å²) < 4.78 is 1.06. The lowest BCUT2D eigenvalue weighted by atomic mass is 10.0. The van der Waals surface area contributed by atoms with Gasteiger partial charge >= 0.3 is 0 Å². The zero-order valence-corrected chi connectivity index (χ0v) is 16.6. The molecule has 0 unspecified atom stereocenters. The first kappa shape index (κ1) is 19.5. The highest BCUT2D eigenvalue weighted by atomic mass is 79.9. The zero-order chi connectivity index (χ0) is 18.2. The molecule has 0 aliphatic heterocycles. The molecule has 134 valence electrons. The predicted molar refractivity (Wildman–Crippen MR) is 108 cm³/mol. The number of carbonyl (C=O) groups is 1. The molecule has 0 aromatic heterocycles. The van der Waals surface area contributed by atoms with Crippen LogP contribution >= 0.6 is 15.9 Å². The lowest BCUT2D eigenvalue weighted by Gasteiger charge is -2.17. The van der Waals surface area contributed by atoms with Crippen LogP contribution in [0.5, 0.6) is 0 Å². The van der Waals surface area contributed by atoms with E-state index < -0.39 is 0 Å². The Morgan fingerprint density at radius 2 is 1.72 bits per heavy atom. The third-order valence-electron chi connectivity index (χ3n) is 4.13. The quantitative estimate of drug-likeness (QED) is 0.702. The fourth-order valence-corrected chi connectivity index (χ4v) is 2.85. The SMILES string of the molecule is CC[C@@H](NCC(=O)NCc1ccc(N(C)C)cc1)c1ccc(Br)cc1. The number of halogens is 1. The van der Waals surface area contributed by atoms with Crippen LogP contribution in [0, 0.1) is 0 Å². The van der Waals surface area contributed by atoms with Gasteiger partial charge in [0.1, 0.15) is 0 Å². The minimum atomic E-state index is 0.00671. The van der Waals surface area contributed by atoms with E-state index >= 15 is 0 Å².